The number of ether oxygens (including phenoxy) is 3. The molecule has 1 heterocycles. The molecule has 1 saturated heterocycles. The van der Waals surface area contributed by atoms with E-state index in [-0.39, 0.29) is 32.6 Å². The smallest absolute Gasteiger partial charge is 0.407 e. The largest absolute Gasteiger partial charge is 0.456 e. The monoisotopic (exact) mass is 680 g/mol. The van der Waals surface area contributed by atoms with E-state index in [1.165, 1.54) is 0 Å². The maximum atomic E-state index is 13.0. The van der Waals surface area contributed by atoms with Crippen molar-refractivity contribution in [2.45, 2.75) is 63.4 Å². The van der Waals surface area contributed by atoms with Gasteiger partial charge in [-0.25, -0.2) is 19.2 Å². The molecule has 0 radical (unpaired) electrons. The van der Waals surface area contributed by atoms with Gasteiger partial charge in [0.1, 0.15) is 18.8 Å². The Hall–Kier alpha value is -4.35. The first-order valence-corrected chi connectivity index (χ1v) is 17.2. The van der Waals surface area contributed by atoms with Crippen LogP contribution in [0.15, 0.2) is 91.0 Å². The van der Waals surface area contributed by atoms with E-state index in [4.69, 9.17) is 23.3 Å². The van der Waals surface area contributed by atoms with Gasteiger partial charge < -0.3 is 29.4 Å². The van der Waals surface area contributed by atoms with Gasteiger partial charge in [0.25, 0.3) is 0 Å². The molecule has 1 fully saturated rings. The Morgan fingerprint density at radius 1 is 0.875 bits per heavy atom. The van der Waals surface area contributed by atoms with E-state index in [2.05, 4.69) is 10.6 Å². The number of hydrogen-bond acceptors (Lipinski definition) is 11. The first-order chi connectivity index (χ1) is 23.4. The molecule has 1 aliphatic heterocycles. The van der Waals surface area contributed by atoms with Crippen LogP contribution in [0.5, 0.6) is 0 Å². The van der Waals surface area contributed by atoms with Crippen molar-refractivity contribution in [1.82, 2.24) is 10.6 Å². The van der Waals surface area contributed by atoms with Gasteiger partial charge in [0.05, 0.1) is 12.2 Å². The van der Waals surface area contributed by atoms with Gasteiger partial charge in [0, 0.05) is 13.0 Å². The highest BCUT2D eigenvalue weighted by molar-refractivity contribution is 7.33. The Balaban J connectivity index is 1.29. The molecule has 1 amide bonds. The van der Waals surface area contributed by atoms with E-state index >= 15 is 0 Å². The fourth-order valence-electron chi connectivity index (χ4n) is 4.88. The molecule has 3 aromatic rings. The molecule has 256 valence electrons. The molecule has 0 spiro atoms. The van der Waals surface area contributed by atoms with Gasteiger partial charge in [-0.2, -0.15) is 0 Å². The number of alkyl carbamates (subject to hydrolysis) is 1. The van der Waals surface area contributed by atoms with Crippen LogP contribution in [-0.4, -0.2) is 61.9 Å². The zero-order valence-electron chi connectivity index (χ0n) is 26.5. The number of unbranched alkanes of at least 4 members (excludes halogenated alkanes) is 1. The number of esters is 3. The second kappa shape index (κ2) is 20.1. The minimum Gasteiger partial charge on any atom is -0.456 e. The second-order valence-corrected chi connectivity index (χ2v) is 12.1. The summed E-state index contributed by atoms with van der Waals surface area (Å²) in [5.41, 5.74) is 2.07. The van der Waals surface area contributed by atoms with Crippen molar-refractivity contribution in [1.29, 1.82) is 0 Å². The molecule has 0 saturated carbocycles. The SMILES string of the molecule is O=C(NCCCCC(O[PH](=O)OCC(Cc1ccccc1)OC(=O)c1ccccc1)C(=O)OC(=O)[C@@H]1CCCN1)OCc1ccccc1. The van der Waals surface area contributed by atoms with Crippen molar-refractivity contribution in [2.75, 3.05) is 19.7 Å². The molecule has 4 atom stereocenters. The summed E-state index contributed by atoms with van der Waals surface area (Å²) < 4.78 is 39.9. The Morgan fingerprint density at radius 2 is 1.54 bits per heavy atom. The fourth-order valence-corrected chi connectivity index (χ4v) is 5.72. The number of nitrogens with one attached hydrogen (secondary N) is 2. The highest BCUT2D eigenvalue weighted by Crippen LogP contribution is 2.30. The zero-order valence-corrected chi connectivity index (χ0v) is 27.5. The Kier molecular flexibility index (Phi) is 15.3. The molecule has 13 heteroatoms. The van der Waals surface area contributed by atoms with Crippen molar-refractivity contribution in [3.63, 3.8) is 0 Å². The average molecular weight is 681 g/mol. The summed E-state index contributed by atoms with van der Waals surface area (Å²) in [4.78, 5) is 50.3. The summed E-state index contributed by atoms with van der Waals surface area (Å²) in [6.45, 7) is 0.742. The molecule has 0 aliphatic carbocycles. The molecular formula is C35H41N2O10P. The van der Waals surface area contributed by atoms with E-state index in [0.717, 1.165) is 17.5 Å². The minimum absolute atomic E-state index is 0.0428. The number of hydrogen-bond donors (Lipinski definition) is 2. The first-order valence-electron chi connectivity index (χ1n) is 15.9. The number of rotatable bonds is 18. The summed E-state index contributed by atoms with van der Waals surface area (Å²) in [7, 11) is -3.32. The van der Waals surface area contributed by atoms with E-state index < -0.39 is 50.5 Å². The zero-order chi connectivity index (χ0) is 34.0. The van der Waals surface area contributed by atoms with Gasteiger partial charge in [-0.3, -0.25) is 9.09 Å². The van der Waals surface area contributed by atoms with Crippen molar-refractivity contribution in [2.24, 2.45) is 0 Å². The lowest BCUT2D eigenvalue weighted by Gasteiger charge is -2.20. The predicted octanol–water partition coefficient (Wildman–Crippen LogP) is 5.16. The van der Waals surface area contributed by atoms with Crippen LogP contribution in [0.25, 0.3) is 0 Å². The van der Waals surface area contributed by atoms with E-state index in [0.29, 0.717) is 31.4 Å². The number of benzene rings is 3. The summed E-state index contributed by atoms with van der Waals surface area (Å²) in [5.74, 6) is -2.29. The van der Waals surface area contributed by atoms with Crippen molar-refractivity contribution < 1.29 is 47.0 Å². The van der Waals surface area contributed by atoms with Gasteiger partial charge in [0.15, 0.2) is 6.10 Å². The predicted molar refractivity (Wildman–Crippen MR) is 176 cm³/mol. The molecule has 12 nitrogen and oxygen atoms in total. The van der Waals surface area contributed by atoms with Crippen LogP contribution in [0.4, 0.5) is 4.79 Å². The van der Waals surface area contributed by atoms with Crippen molar-refractivity contribution >= 4 is 32.3 Å². The van der Waals surface area contributed by atoms with E-state index in [1.807, 2.05) is 60.7 Å². The average Bonchev–Trinajstić information content (AvgIpc) is 3.66. The highest BCUT2D eigenvalue weighted by atomic mass is 31.1. The molecule has 1 aliphatic rings. The van der Waals surface area contributed by atoms with Gasteiger partial charge in [-0.05, 0) is 61.9 Å². The van der Waals surface area contributed by atoms with E-state index in [1.54, 1.807) is 30.3 Å². The van der Waals surface area contributed by atoms with Crippen LogP contribution in [0.3, 0.4) is 0 Å². The summed E-state index contributed by atoms with van der Waals surface area (Å²) in [6.07, 6.45) is -0.348. The van der Waals surface area contributed by atoms with Crippen LogP contribution in [0.1, 0.15) is 53.6 Å². The number of carbonyl (C=O) groups excluding carboxylic acids is 4. The van der Waals surface area contributed by atoms with Crippen LogP contribution < -0.4 is 10.6 Å². The lowest BCUT2D eigenvalue weighted by atomic mass is 10.1. The van der Waals surface area contributed by atoms with Gasteiger partial charge in [-0.1, -0.05) is 78.9 Å². The van der Waals surface area contributed by atoms with Crippen LogP contribution in [-0.2, 0) is 50.4 Å². The molecule has 48 heavy (non-hydrogen) atoms. The highest BCUT2D eigenvalue weighted by Gasteiger charge is 2.31. The van der Waals surface area contributed by atoms with Crippen molar-refractivity contribution in [3.8, 4) is 0 Å². The molecule has 0 aromatic heterocycles. The fraction of sp³-hybridized carbons (Fsp3) is 0.371. The molecule has 4 rings (SSSR count). The third-order valence-corrected chi connectivity index (χ3v) is 8.28. The van der Waals surface area contributed by atoms with Crippen LogP contribution in [0, 0.1) is 0 Å². The third kappa shape index (κ3) is 13.0. The quantitative estimate of drug-likeness (QED) is 0.0601. The maximum absolute atomic E-state index is 13.0. The van der Waals surface area contributed by atoms with Gasteiger partial charge >= 0.3 is 32.3 Å². The lowest BCUT2D eigenvalue weighted by molar-refractivity contribution is -0.166. The van der Waals surface area contributed by atoms with Crippen LogP contribution in [0.2, 0.25) is 0 Å². The summed E-state index contributed by atoms with van der Waals surface area (Å²) in [6, 6.07) is 26.4. The van der Waals surface area contributed by atoms with Gasteiger partial charge in [-0.15, -0.1) is 0 Å². The molecule has 3 unspecified atom stereocenters. The Bertz CT molecular complexity index is 1470. The normalized spacial score (nSPS) is 15.9. The Morgan fingerprint density at radius 3 is 2.21 bits per heavy atom. The Labute approximate surface area is 280 Å². The maximum Gasteiger partial charge on any atom is 0.407 e. The van der Waals surface area contributed by atoms with Gasteiger partial charge in [0.2, 0.25) is 0 Å². The lowest BCUT2D eigenvalue weighted by Crippen LogP contribution is -2.37. The summed E-state index contributed by atoms with van der Waals surface area (Å²) >= 11 is 0. The molecule has 0 bridgehead atoms. The molecular weight excluding hydrogens is 639 g/mol. The standard InChI is InChI=1S/C35H41N2O10P/c38-32(28-17-8-3-9-18-28)45-29(23-26-13-4-1-5-14-26)25-44-48(42)47-31(34(40)46-33(39)30-19-12-22-36-30)20-10-11-21-37-35(41)43-24-27-15-6-2-7-16-27/h1-9,13-18,29-31,36,48H,10-12,19-25H2,(H,37,41)/t29?,30-,31?/m0/s1. The topological polar surface area (TPSA) is 156 Å². The number of amides is 1. The third-order valence-electron chi connectivity index (χ3n) is 7.40. The molecule has 3 aromatic carbocycles. The molecule has 2 N–H and O–H groups in total. The van der Waals surface area contributed by atoms with E-state index in [9.17, 15) is 23.7 Å². The second-order valence-electron chi connectivity index (χ2n) is 11.1. The van der Waals surface area contributed by atoms with Crippen molar-refractivity contribution in [3.05, 3.63) is 108 Å². The number of carbonyl (C=O) groups is 4. The first kappa shape index (κ1) is 36.5. The van der Waals surface area contributed by atoms with Crippen LogP contribution >= 0.6 is 8.25 Å². The minimum atomic E-state index is -3.32. The summed E-state index contributed by atoms with van der Waals surface area (Å²) in [5, 5.41) is 5.62.